The molecule has 1 unspecified atom stereocenters. The molecule has 2 aromatic carbocycles. The van der Waals surface area contributed by atoms with Crippen LogP contribution < -0.4 is 15.0 Å². The van der Waals surface area contributed by atoms with Crippen molar-refractivity contribution >= 4 is 5.69 Å². The molecule has 2 aromatic rings. The zero-order valence-corrected chi connectivity index (χ0v) is 24.9. The molecule has 3 aliphatic rings. The molecule has 5 rings (SSSR count). The Bertz CT molecular complexity index is 1080. The van der Waals surface area contributed by atoms with Gasteiger partial charge in [0.15, 0.2) is 0 Å². The van der Waals surface area contributed by atoms with Gasteiger partial charge in [0.2, 0.25) is 0 Å². The minimum Gasteiger partial charge on any atom is -0.490 e. The van der Waals surface area contributed by atoms with Gasteiger partial charge >= 0.3 is 0 Å². The highest BCUT2D eigenvalue weighted by atomic mass is 16.5. The number of nitrogens with zero attached hydrogens (tertiary/aromatic N) is 1. The second-order valence-corrected chi connectivity index (χ2v) is 11.6. The molecule has 41 heavy (non-hydrogen) atoms. The number of benzene rings is 2. The van der Waals surface area contributed by atoms with Crippen molar-refractivity contribution in [1.82, 2.24) is 5.32 Å². The minimum atomic E-state index is -0.468. The third-order valence-electron chi connectivity index (χ3n) is 8.64. The normalized spacial score (nSPS) is 24.0. The Hall–Kier alpha value is -2.20. The topological polar surface area (TPSA) is 81.7 Å². The summed E-state index contributed by atoms with van der Waals surface area (Å²) < 4.78 is 30.0. The SMILES string of the molecule is CCC(O)CO[C@@H]1CNC[C@H](OCc2ccc3c(c2)N(CCCOC)CCO3)[C@H]1c1ccc([C@@H](OC)C2CC2)cc1. The number of anilines is 1. The maximum atomic E-state index is 10.2. The Balaban J connectivity index is 1.31. The molecule has 8 heteroatoms. The highest BCUT2D eigenvalue weighted by Gasteiger charge is 2.37. The van der Waals surface area contributed by atoms with E-state index in [0.717, 1.165) is 56.2 Å². The van der Waals surface area contributed by atoms with Gasteiger partial charge in [-0.3, -0.25) is 0 Å². The lowest BCUT2D eigenvalue weighted by Gasteiger charge is -2.39. The van der Waals surface area contributed by atoms with Gasteiger partial charge in [-0.1, -0.05) is 37.3 Å². The van der Waals surface area contributed by atoms with Crippen molar-refractivity contribution in [3.05, 3.63) is 59.2 Å². The number of rotatable bonds is 15. The smallest absolute Gasteiger partial charge is 0.142 e. The second-order valence-electron chi connectivity index (χ2n) is 11.6. The van der Waals surface area contributed by atoms with Gasteiger partial charge in [-0.25, -0.2) is 0 Å². The van der Waals surface area contributed by atoms with Gasteiger partial charge < -0.3 is 39.0 Å². The maximum Gasteiger partial charge on any atom is 0.142 e. The Morgan fingerprint density at radius 3 is 2.54 bits per heavy atom. The highest BCUT2D eigenvalue weighted by molar-refractivity contribution is 5.61. The van der Waals surface area contributed by atoms with Crippen LogP contribution in [0.2, 0.25) is 0 Å². The van der Waals surface area contributed by atoms with Crippen LogP contribution in [0.4, 0.5) is 5.69 Å². The lowest BCUT2D eigenvalue weighted by atomic mass is 9.84. The summed E-state index contributed by atoms with van der Waals surface area (Å²) in [4.78, 5) is 2.38. The zero-order chi connectivity index (χ0) is 28.6. The Labute approximate surface area is 245 Å². The summed E-state index contributed by atoms with van der Waals surface area (Å²) in [6.07, 6.45) is 3.64. The number of aliphatic hydroxyl groups excluding tert-OH is 1. The van der Waals surface area contributed by atoms with E-state index in [1.165, 1.54) is 24.0 Å². The largest absolute Gasteiger partial charge is 0.490 e. The molecule has 226 valence electrons. The van der Waals surface area contributed by atoms with E-state index >= 15 is 0 Å². The second kappa shape index (κ2) is 14.8. The average Bonchev–Trinajstić information content (AvgIpc) is 3.85. The standard InChI is InChI=1S/C33H48N2O6/c1-4-27(36)22-41-31-20-34-19-30(32(31)24-7-9-25(10-8-24)33(38-3)26-11-12-26)40-21-23-6-13-29-28(18-23)35(15-17-39-29)14-5-16-37-2/h6-10,13,18,26-27,30-34,36H,4-5,11-12,14-17,19-22H2,1-3H3/t27?,30-,31+,32+,33+/m0/s1. The van der Waals surface area contributed by atoms with Crippen LogP contribution in [-0.4, -0.2) is 83.6 Å². The van der Waals surface area contributed by atoms with E-state index in [1.54, 1.807) is 7.11 Å². The first-order chi connectivity index (χ1) is 20.1. The highest BCUT2D eigenvalue weighted by Crippen LogP contribution is 2.43. The Morgan fingerprint density at radius 2 is 1.83 bits per heavy atom. The third-order valence-corrected chi connectivity index (χ3v) is 8.64. The van der Waals surface area contributed by atoms with Crippen LogP contribution in [0.15, 0.2) is 42.5 Å². The van der Waals surface area contributed by atoms with Gasteiger partial charge in [-0.2, -0.15) is 0 Å². The molecule has 2 N–H and O–H groups in total. The molecule has 1 saturated carbocycles. The Kier molecular flexibility index (Phi) is 10.9. The van der Waals surface area contributed by atoms with E-state index in [-0.39, 0.29) is 24.2 Å². The monoisotopic (exact) mass is 568 g/mol. The van der Waals surface area contributed by atoms with Crippen molar-refractivity contribution in [2.75, 3.05) is 65.1 Å². The third kappa shape index (κ3) is 7.80. The van der Waals surface area contributed by atoms with Crippen LogP contribution in [0.5, 0.6) is 5.75 Å². The van der Waals surface area contributed by atoms with Gasteiger partial charge in [0.25, 0.3) is 0 Å². The average molecular weight is 569 g/mol. The molecular weight excluding hydrogens is 520 g/mol. The van der Waals surface area contributed by atoms with Gasteiger partial charge in [0, 0.05) is 46.4 Å². The molecule has 2 heterocycles. The number of piperidine rings is 1. The van der Waals surface area contributed by atoms with Gasteiger partial charge in [0.1, 0.15) is 12.4 Å². The van der Waals surface area contributed by atoms with E-state index in [9.17, 15) is 5.11 Å². The first-order valence-corrected chi connectivity index (χ1v) is 15.4. The molecular formula is C33H48N2O6. The lowest BCUT2D eigenvalue weighted by Crippen LogP contribution is -2.51. The number of nitrogens with one attached hydrogen (secondary N) is 1. The quantitative estimate of drug-likeness (QED) is 0.305. The van der Waals surface area contributed by atoms with Gasteiger partial charge in [-0.05, 0) is 60.4 Å². The van der Waals surface area contributed by atoms with E-state index in [1.807, 2.05) is 14.0 Å². The van der Waals surface area contributed by atoms with Crippen molar-refractivity contribution < 1.29 is 28.8 Å². The van der Waals surface area contributed by atoms with Crippen molar-refractivity contribution in [2.24, 2.45) is 5.92 Å². The molecule has 5 atom stereocenters. The molecule has 0 amide bonds. The van der Waals surface area contributed by atoms with Crippen LogP contribution >= 0.6 is 0 Å². The van der Waals surface area contributed by atoms with Crippen LogP contribution in [0.3, 0.4) is 0 Å². The molecule has 1 aliphatic carbocycles. The lowest BCUT2D eigenvalue weighted by molar-refractivity contribution is -0.0777. The Morgan fingerprint density at radius 1 is 1.05 bits per heavy atom. The number of hydrogen-bond acceptors (Lipinski definition) is 8. The summed E-state index contributed by atoms with van der Waals surface area (Å²) in [6, 6.07) is 15.2. The first-order valence-electron chi connectivity index (χ1n) is 15.4. The fraction of sp³-hybridized carbons (Fsp3) is 0.636. The first kappa shape index (κ1) is 30.3. The predicted molar refractivity (Wildman–Crippen MR) is 160 cm³/mol. The summed E-state index contributed by atoms with van der Waals surface area (Å²) >= 11 is 0. The summed E-state index contributed by atoms with van der Waals surface area (Å²) in [5.74, 6) is 1.60. The van der Waals surface area contributed by atoms with E-state index in [4.69, 9.17) is 23.7 Å². The van der Waals surface area contributed by atoms with Crippen molar-refractivity contribution in [1.29, 1.82) is 0 Å². The molecule has 0 aromatic heterocycles. The molecule has 0 spiro atoms. The van der Waals surface area contributed by atoms with Gasteiger partial charge in [0.05, 0.1) is 49.9 Å². The summed E-state index contributed by atoms with van der Waals surface area (Å²) in [5, 5.41) is 13.7. The fourth-order valence-electron chi connectivity index (χ4n) is 6.12. The molecule has 2 fully saturated rings. The van der Waals surface area contributed by atoms with Crippen LogP contribution in [-0.2, 0) is 25.6 Å². The van der Waals surface area contributed by atoms with Crippen molar-refractivity contribution in [3.8, 4) is 5.75 Å². The van der Waals surface area contributed by atoms with E-state index in [0.29, 0.717) is 32.2 Å². The number of hydrogen-bond donors (Lipinski definition) is 2. The molecule has 8 nitrogen and oxygen atoms in total. The number of methoxy groups -OCH3 is 2. The number of fused-ring (bicyclic) bond motifs is 1. The summed E-state index contributed by atoms with van der Waals surface area (Å²) in [5.41, 5.74) is 4.68. The molecule has 0 bridgehead atoms. The zero-order valence-electron chi connectivity index (χ0n) is 24.9. The predicted octanol–water partition coefficient (Wildman–Crippen LogP) is 4.45. The van der Waals surface area contributed by atoms with Crippen molar-refractivity contribution in [3.63, 3.8) is 0 Å². The maximum absolute atomic E-state index is 10.2. The number of aliphatic hydroxyl groups is 1. The fourth-order valence-corrected chi connectivity index (χ4v) is 6.12. The molecule has 2 aliphatic heterocycles. The molecule has 1 saturated heterocycles. The molecule has 0 radical (unpaired) electrons. The minimum absolute atomic E-state index is 0.0442. The van der Waals surface area contributed by atoms with Gasteiger partial charge in [-0.15, -0.1) is 0 Å². The van der Waals surface area contributed by atoms with Crippen molar-refractivity contribution in [2.45, 2.75) is 69.5 Å². The number of ether oxygens (including phenoxy) is 5. The summed E-state index contributed by atoms with van der Waals surface area (Å²) in [7, 11) is 3.55. The van der Waals surface area contributed by atoms with E-state index < -0.39 is 6.10 Å². The van der Waals surface area contributed by atoms with Crippen LogP contribution in [0.25, 0.3) is 0 Å². The summed E-state index contributed by atoms with van der Waals surface area (Å²) in [6.45, 7) is 7.51. The van der Waals surface area contributed by atoms with E-state index in [2.05, 4.69) is 52.7 Å². The van der Waals surface area contributed by atoms with Crippen LogP contribution in [0.1, 0.15) is 61.3 Å². The van der Waals surface area contributed by atoms with Crippen LogP contribution in [0, 0.1) is 5.92 Å².